The molecule has 0 aliphatic heterocycles. The van der Waals surface area contributed by atoms with Crippen LogP contribution < -0.4 is 22.1 Å². The van der Waals surface area contributed by atoms with Gasteiger partial charge < -0.3 is 37.3 Å². The molecular formula is C24H27N5O6. The number of hydrogen-bond acceptors (Lipinski definition) is 6. The van der Waals surface area contributed by atoms with E-state index < -0.39 is 48.2 Å². The number of nitrogens with one attached hydrogen (secondary N) is 3. The van der Waals surface area contributed by atoms with Gasteiger partial charge in [-0.3, -0.25) is 14.4 Å². The molecular weight excluding hydrogens is 454 g/mol. The second-order valence-electron chi connectivity index (χ2n) is 8.17. The molecule has 1 heterocycles. The fourth-order valence-corrected chi connectivity index (χ4v) is 3.66. The fraction of sp³-hybridized carbons (Fsp3) is 0.250. The molecule has 0 spiro atoms. The quantitative estimate of drug-likeness (QED) is 0.198. The van der Waals surface area contributed by atoms with Crippen molar-refractivity contribution in [3.63, 3.8) is 0 Å². The molecule has 11 heteroatoms. The average Bonchev–Trinajstić information content (AvgIpc) is 3.21. The molecule has 0 unspecified atom stereocenters. The van der Waals surface area contributed by atoms with Crippen LogP contribution in [-0.2, 0) is 32.0 Å². The molecule has 9 N–H and O–H groups in total. The standard InChI is InChI=1S/C24H27N5O6/c25-17(10-14-12-27-18-4-2-1-3-16(14)18)22(32)28-19(11-21(26)31)23(33)29-20(24(34)35)9-13-5-7-15(30)8-6-13/h1-8,12,17,19-20,27,30H,9-11,25H2,(H2,26,31)(H,28,32)(H,29,33)(H,34,35)/t17-,19-,20-/m0/s1. The summed E-state index contributed by atoms with van der Waals surface area (Å²) in [6, 6.07) is 9.52. The Morgan fingerprint density at radius 1 is 0.914 bits per heavy atom. The SMILES string of the molecule is NC(=O)C[C@H](NC(=O)[C@@H](N)Cc1c[nH]c2ccccc12)C(=O)N[C@@H](Cc1ccc(O)cc1)C(=O)O. The van der Waals surface area contributed by atoms with E-state index in [0.29, 0.717) is 5.56 Å². The number of primary amides is 1. The number of carbonyl (C=O) groups excluding carboxylic acids is 3. The number of aromatic nitrogens is 1. The number of phenolic OH excluding ortho intramolecular Hbond substituents is 1. The average molecular weight is 482 g/mol. The van der Waals surface area contributed by atoms with E-state index in [2.05, 4.69) is 15.6 Å². The maximum atomic E-state index is 12.8. The summed E-state index contributed by atoms with van der Waals surface area (Å²) in [5.74, 6) is -3.74. The number of carbonyl (C=O) groups is 4. The van der Waals surface area contributed by atoms with Crippen LogP contribution in [0.3, 0.4) is 0 Å². The number of nitrogens with two attached hydrogens (primary N) is 2. The van der Waals surface area contributed by atoms with Crippen LogP contribution in [-0.4, -0.2) is 57.0 Å². The van der Waals surface area contributed by atoms with Gasteiger partial charge in [-0.1, -0.05) is 30.3 Å². The first kappa shape index (κ1) is 25.2. The van der Waals surface area contributed by atoms with Crippen molar-refractivity contribution in [3.8, 4) is 5.75 Å². The Balaban J connectivity index is 1.67. The van der Waals surface area contributed by atoms with E-state index >= 15 is 0 Å². The van der Waals surface area contributed by atoms with E-state index in [-0.39, 0.29) is 18.6 Å². The second-order valence-corrected chi connectivity index (χ2v) is 8.17. The van der Waals surface area contributed by atoms with Gasteiger partial charge in [0.05, 0.1) is 12.5 Å². The zero-order valence-corrected chi connectivity index (χ0v) is 18.7. The van der Waals surface area contributed by atoms with Gasteiger partial charge in [-0.2, -0.15) is 0 Å². The number of fused-ring (bicyclic) bond motifs is 1. The lowest BCUT2D eigenvalue weighted by molar-refractivity contribution is -0.142. The van der Waals surface area contributed by atoms with Crippen LogP contribution in [0, 0.1) is 0 Å². The summed E-state index contributed by atoms with van der Waals surface area (Å²) < 4.78 is 0. The molecule has 35 heavy (non-hydrogen) atoms. The maximum Gasteiger partial charge on any atom is 0.326 e. The van der Waals surface area contributed by atoms with E-state index in [4.69, 9.17) is 11.5 Å². The van der Waals surface area contributed by atoms with E-state index in [1.807, 2.05) is 24.3 Å². The molecule has 0 bridgehead atoms. The maximum absolute atomic E-state index is 12.8. The molecule has 3 rings (SSSR count). The molecule has 11 nitrogen and oxygen atoms in total. The summed E-state index contributed by atoms with van der Waals surface area (Å²) in [4.78, 5) is 51.8. The Labute approximate surface area is 200 Å². The molecule has 3 amide bonds. The van der Waals surface area contributed by atoms with Crippen LogP contribution in [0.1, 0.15) is 17.5 Å². The van der Waals surface area contributed by atoms with Gasteiger partial charge in [0.25, 0.3) is 0 Å². The minimum atomic E-state index is -1.41. The number of hydrogen-bond donors (Lipinski definition) is 7. The normalized spacial score (nSPS) is 13.5. The first-order chi connectivity index (χ1) is 16.6. The first-order valence-electron chi connectivity index (χ1n) is 10.8. The highest BCUT2D eigenvalue weighted by Crippen LogP contribution is 2.19. The lowest BCUT2D eigenvalue weighted by Gasteiger charge is -2.22. The molecule has 0 radical (unpaired) electrons. The Hall–Kier alpha value is -4.38. The number of aromatic amines is 1. The zero-order valence-electron chi connectivity index (χ0n) is 18.7. The third kappa shape index (κ3) is 6.81. The van der Waals surface area contributed by atoms with Crippen molar-refractivity contribution in [1.82, 2.24) is 15.6 Å². The Morgan fingerprint density at radius 2 is 1.57 bits per heavy atom. The lowest BCUT2D eigenvalue weighted by Crippen LogP contribution is -2.56. The number of aromatic hydroxyl groups is 1. The minimum Gasteiger partial charge on any atom is -0.508 e. The second kappa shape index (κ2) is 11.2. The highest BCUT2D eigenvalue weighted by molar-refractivity contribution is 5.95. The first-order valence-corrected chi connectivity index (χ1v) is 10.8. The summed E-state index contributed by atoms with van der Waals surface area (Å²) in [6.07, 6.45) is 1.28. The van der Waals surface area contributed by atoms with Crippen molar-refractivity contribution in [1.29, 1.82) is 0 Å². The smallest absolute Gasteiger partial charge is 0.326 e. The minimum absolute atomic E-state index is 0.0119. The Bertz CT molecular complexity index is 1220. The molecule has 0 saturated heterocycles. The molecule has 3 atom stereocenters. The van der Waals surface area contributed by atoms with Crippen molar-refractivity contribution in [2.75, 3.05) is 0 Å². The number of carboxylic acids is 1. The highest BCUT2D eigenvalue weighted by atomic mass is 16.4. The summed E-state index contributed by atoms with van der Waals surface area (Å²) in [5.41, 5.74) is 13.5. The van der Waals surface area contributed by atoms with Gasteiger partial charge in [-0.05, 0) is 35.7 Å². The van der Waals surface area contributed by atoms with Gasteiger partial charge >= 0.3 is 5.97 Å². The molecule has 2 aromatic carbocycles. The van der Waals surface area contributed by atoms with Crippen LogP contribution in [0.15, 0.2) is 54.7 Å². The van der Waals surface area contributed by atoms with Crippen LogP contribution in [0.2, 0.25) is 0 Å². The van der Waals surface area contributed by atoms with E-state index in [1.54, 1.807) is 6.20 Å². The van der Waals surface area contributed by atoms with Gasteiger partial charge in [0.2, 0.25) is 17.7 Å². The van der Waals surface area contributed by atoms with Crippen LogP contribution >= 0.6 is 0 Å². The number of amides is 3. The third-order valence-corrected chi connectivity index (χ3v) is 5.48. The molecule has 3 aromatic rings. The van der Waals surface area contributed by atoms with Crippen molar-refractivity contribution in [2.45, 2.75) is 37.4 Å². The number of aliphatic carboxylic acids is 1. The van der Waals surface area contributed by atoms with Gasteiger partial charge in [-0.25, -0.2) is 4.79 Å². The van der Waals surface area contributed by atoms with E-state index in [9.17, 15) is 29.4 Å². The highest BCUT2D eigenvalue weighted by Gasteiger charge is 2.29. The third-order valence-electron chi connectivity index (χ3n) is 5.48. The van der Waals surface area contributed by atoms with E-state index in [1.165, 1.54) is 24.3 Å². The van der Waals surface area contributed by atoms with Crippen LogP contribution in [0.25, 0.3) is 10.9 Å². The Kier molecular flexibility index (Phi) is 8.05. The van der Waals surface area contributed by atoms with Crippen molar-refractivity contribution in [3.05, 3.63) is 65.9 Å². The van der Waals surface area contributed by atoms with Crippen molar-refractivity contribution < 1.29 is 29.4 Å². The summed E-state index contributed by atoms with van der Waals surface area (Å²) in [7, 11) is 0. The molecule has 184 valence electrons. The van der Waals surface area contributed by atoms with Crippen molar-refractivity contribution >= 4 is 34.6 Å². The Morgan fingerprint density at radius 3 is 2.23 bits per heavy atom. The predicted octanol–water partition coefficient (Wildman–Crippen LogP) is -0.0844. The monoisotopic (exact) mass is 481 g/mol. The summed E-state index contributed by atoms with van der Waals surface area (Å²) >= 11 is 0. The number of phenols is 1. The number of para-hydroxylation sites is 1. The van der Waals surface area contributed by atoms with Gasteiger partial charge in [0, 0.05) is 23.5 Å². The van der Waals surface area contributed by atoms with E-state index in [0.717, 1.165) is 16.5 Å². The lowest BCUT2D eigenvalue weighted by atomic mass is 10.0. The number of H-pyrrole nitrogens is 1. The van der Waals surface area contributed by atoms with Gasteiger partial charge in [-0.15, -0.1) is 0 Å². The number of rotatable bonds is 11. The van der Waals surface area contributed by atoms with Crippen molar-refractivity contribution in [2.24, 2.45) is 11.5 Å². The predicted molar refractivity (Wildman–Crippen MR) is 127 cm³/mol. The van der Waals surface area contributed by atoms with Gasteiger partial charge in [0.1, 0.15) is 17.8 Å². The number of benzene rings is 2. The van der Waals surface area contributed by atoms with Crippen LogP contribution in [0.5, 0.6) is 5.75 Å². The molecule has 0 aliphatic rings. The molecule has 0 saturated carbocycles. The molecule has 1 aromatic heterocycles. The van der Waals surface area contributed by atoms with Crippen LogP contribution in [0.4, 0.5) is 0 Å². The summed E-state index contributed by atoms with van der Waals surface area (Å²) in [6.45, 7) is 0. The largest absolute Gasteiger partial charge is 0.508 e. The topological polar surface area (TPSA) is 201 Å². The number of carboxylic acid groups (broad SMARTS) is 1. The summed E-state index contributed by atoms with van der Waals surface area (Å²) in [5, 5.41) is 24.6. The zero-order chi connectivity index (χ0) is 25.5. The molecule has 0 aliphatic carbocycles. The van der Waals surface area contributed by atoms with Gasteiger partial charge in [0.15, 0.2) is 0 Å². The fourth-order valence-electron chi connectivity index (χ4n) is 3.66. The molecule has 0 fully saturated rings.